The van der Waals surface area contributed by atoms with Crippen molar-refractivity contribution >= 4 is 0 Å². The molecule has 1 saturated carbocycles. The average molecular weight is 311 g/mol. The molecule has 0 bridgehead atoms. The van der Waals surface area contributed by atoms with Crippen LogP contribution >= 0.6 is 0 Å². The standard InChI is InChI=1S/C20H29N3/c1-2-3-4-8-14-18(22-17-12-9-13-17)20-21-15-19(23-20)16-10-6-5-7-11-16/h5-7,10-11,15,17-18,22H,2-4,8-9,12-14H2,1H3,(H,21,23). The van der Waals surface area contributed by atoms with Crippen LogP contribution in [0.2, 0.25) is 0 Å². The maximum Gasteiger partial charge on any atom is 0.124 e. The molecule has 1 heterocycles. The lowest BCUT2D eigenvalue weighted by Gasteiger charge is -2.31. The minimum absolute atomic E-state index is 0.370. The van der Waals surface area contributed by atoms with Gasteiger partial charge in [-0.2, -0.15) is 0 Å². The van der Waals surface area contributed by atoms with Crippen molar-refractivity contribution < 1.29 is 0 Å². The summed E-state index contributed by atoms with van der Waals surface area (Å²) in [6.07, 6.45) is 12.5. The van der Waals surface area contributed by atoms with Crippen LogP contribution in [0.25, 0.3) is 11.3 Å². The summed E-state index contributed by atoms with van der Waals surface area (Å²) in [6.45, 7) is 2.27. The van der Waals surface area contributed by atoms with Gasteiger partial charge in [0.15, 0.2) is 0 Å². The molecular formula is C20H29N3. The first-order chi connectivity index (χ1) is 11.4. The second-order valence-electron chi connectivity index (χ2n) is 6.73. The van der Waals surface area contributed by atoms with Crippen molar-refractivity contribution in [2.24, 2.45) is 0 Å². The van der Waals surface area contributed by atoms with Crippen molar-refractivity contribution in [2.75, 3.05) is 0 Å². The van der Waals surface area contributed by atoms with Crippen molar-refractivity contribution in [3.05, 3.63) is 42.4 Å². The average Bonchev–Trinajstić information content (AvgIpc) is 3.03. The summed E-state index contributed by atoms with van der Waals surface area (Å²) < 4.78 is 0. The molecule has 0 aliphatic heterocycles. The van der Waals surface area contributed by atoms with Gasteiger partial charge in [0, 0.05) is 17.8 Å². The Morgan fingerprint density at radius 2 is 2.00 bits per heavy atom. The Hall–Kier alpha value is -1.61. The maximum absolute atomic E-state index is 4.87. The predicted molar refractivity (Wildman–Crippen MR) is 96.3 cm³/mol. The summed E-state index contributed by atoms with van der Waals surface area (Å²) in [5.74, 6) is 1.10. The molecule has 1 atom stereocenters. The number of nitrogens with zero attached hydrogens (tertiary/aromatic N) is 1. The van der Waals surface area contributed by atoms with Crippen LogP contribution in [-0.2, 0) is 0 Å². The highest BCUT2D eigenvalue weighted by atomic mass is 15.0. The Morgan fingerprint density at radius 3 is 2.70 bits per heavy atom. The van der Waals surface area contributed by atoms with Gasteiger partial charge >= 0.3 is 0 Å². The molecule has 2 aromatic rings. The summed E-state index contributed by atoms with van der Waals surface area (Å²) in [6, 6.07) is 11.5. The number of nitrogens with one attached hydrogen (secondary N) is 2. The van der Waals surface area contributed by atoms with E-state index in [4.69, 9.17) is 4.98 Å². The largest absolute Gasteiger partial charge is 0.347 e. The van der Waals surface area contributed by atoms with E-state index in [1.165, 1.54) is 56.9 Å². The first-order valence-corrected chi connectivity index (χ1v) is 9.23. The smallest absolute Gasteiger partial charge is 0.124 e. The van der Waals surface area contributed by atoms with Crippen LogP contribution in [0.5, 0.6) is 0 Å². The Morgan fingerprint density at radius 1 is 1.17 bits per heavy atom. The third-order valence-electron chi connectivity index (χ3n) is 4.89. The zero-order chi connectivity index (χ0) is 15.9. The fraction of sp³-hybridized carbons (Fsp3) is 0.550. The molecule has 1 unspecified atom stereocenters. The highest BCUT2D eigenvalue weighted by Crippen LogP contribution is 2.26. The van der Waals surface area contributed by atoms with Gasteiger partial charge in [0.05, 0.1) is 11.7 Å². The van der Waals surface area contributed by atoms with Gasteiger partial charge in [0.1, 0.15) is 5.82 Å². The molecule has 1 aromatic carbocycles. The van der Waals surface area contributed by atoms with Crippen LogP contribution in [0, 0.1) is 0 Å². The number of rotatable bonds is 9. The van der Waals surface area contributed by atoms with E-state index in [9.17, 15) is 0 Å². The Kier molecular flexibility index (Phi) is 5.87. The molecule has 1 aromatic heterocycles. The molecule has 23 heavy (non-hydrogen) atoms. The summed E-state index contributed by atoms with van der Waals surface area (Å²) in [5.41, 5.74) is 2.23. The zero-order valence-corrected chi connectivity index (χ0v) is 14.2. The molecule has 3 rings (SSSR count). The molecule has 0 amide bonds. The van der Waals surface area contributed by atoms with Gasteiger partial charge in [-0.1, -0.05) is 69.4 Å². The van der Waals surface area contributed by atoms with Crippen LogP contribution in [0.3, 0.4) is 0 Å². The van der Waals surface area contributed by atoms with E-state index in [1.807, 2.05) is 12.3 Å². The maximum atomic E-state index is 4.87. The number of aromatic amines is 1. The molecule has 1 aliphatic rings. The predicted octanol–water partition coefficient (Wildman–Crippen LogP) is 5.23. The lowest BCUT2D eigenvalue weighted by atomic mass is 9.91. The summed E-state index contributed by atoms with van der Waals surface area (Å²) in [7, 11) is 0. The Bertz CT molecular complexity index is 572. The quantitative estimate of drug-likeness (QED) is 0.622. The number of imidazole rings is 1. The van der Waals surface area contributed by atoms with E-state index in [2.05, 4.69) is 41.5 Å². The van der Waals surface area contributed by atoms with Gasteiger partial charge in [-0.3, -0.25) is 0 Å². The third kappa shape index (κ3) is 4.44. The van der Waals surface area contributed by atoms with Gasteiger partial charge < -0.3 is 10.3 Å². The number of benzene rings is 1. The number of hydrogen-bond donors (Lipinski definition) is 2. The summed E-state index contributed by atoms with van der Waals surface area (Å²) >= 11 is 0. The molecular weight excluding hydrogens is 282 g/mol. The SMILES string of the molecule is CCCCCCC(NC1CCC1)c1nc(-c2ccccc2)c[nH]1. The van der Waals surface area contributed by atoms with Gasteiger partial charge in [0.25, 0.3) is 0 Å². The molecule has 1 aliphatic carbocycles. The third-order valence-corrected chi connectivity index (χ3v) is 4.89. The topological polar surface area (TPSA) is 40.7 Å². The highest BCUT2D eigenvalue weighted by Gasteiger charge is 2.23. The van der Waals surface area contributed by atoms with Gasteiger partial charge in [-0.05, 0) is 19.3 Å². The van der Waals surface area contributed by atoms with Crippen molar-refractivity contribution in [3.8, 4) is 11.3 Å². The van der Waals surface area contributed by atoms with Crippen LogP contribution in [0.15, 0.2) is 36.5 Å². The van der Waals surface area contributed by atoms with Crippen LogP contribution in [0.1, 0.15) is 70.2 Å². The lowest BCUT2D eigenvalue weighted by Crippen LogP contribution is -2.38. The van der Waals surface area contributed by atoms with E-state index < -0.39 is 0 Å². The fourth-order valence-corrected chi connectivity index (χ4v) is 3.21. The van der Waals surface area contributed by atoms with Crippen molar-refractivity contribution in [2.45, 2.75) is 70.4 Å². The van der Waals surface area contributed by atoms with E-state index in [0.29, 0.717) is 12.1 Å². The minimum Gasteiger partial charge on any atom is -0.347 e. The van der Waals surface area contributed by atoms with Gasteiger partial charge in [0.2, 0.25) is 0 Å². The van der Waals surface area contributed by atoms with E-state index in [1.54, 1.807) is 0 Å². The van der Waals surface area contributed by atoms with Crippen molar-refractivity contribution in [3.63, 3.8) is 0 Å². The summed E-state index contributed by atoms with van der Waals surface area (Å²) in [5, 5.41) is 3.82. The normalized spacial score (nSPS) is 16.2. The number of unbranched alkanes of at least 4 members (excludes halogenated alkanes) is 3. The van der Waals surface area contributed by atoms with Crippen molar-refractivity contribution in [1.82, 2.24) is 15.3 Å². The zero-order valence-electron chi connectivity index (χ0n) is 14.2. The first-order valence-electron chi connectivity index (χ1n) is 9.23. The number of H-pyrrole nitrogens is 1. The van der Waals surface area contributed by atoms with Crippen LogP contribution in [0.4, 0.5) is 0 Å². The lowest BCUT2D eigenvalue weighted by molar-refractivity contribution is 0.289. The highest BCUT2D eigenvalue weighted by molar-refractivity contribution is 5.58. The van der Waals surface area contributed by atoms with E-state index in [0.717, 1.165) is 11.5 Å². The van der Waals surface area contributed by atoms with Gasteiger partial charge in [-0.25, -0.2) is 4.98 Å². The van der Waals surface area contributed by atoms with Crippen LogP contribution in [-0.4, -0.2) is 16.0 Å². The molecule has 124 valence electrons. The van der Waals surface area contributed by atoms with Crippen molar-refractivity contribution in [1.29, 1.82) is 0 Å². The van der Waals surface area contributed by atoms with E-state index >= 15 is 0 Å². The van der Waals surface area contributed by atoms with Gasteiger partial charge in [-0.15, -0.1) is 0 Å². The molecule has 2 N–H and O–H groups in total. The molecule has 0 radical (unpaired) electrons. The van der Waals surface area contributed by atoms with Crippen LogP contribution < -0.4 is 5.32 Å². The molecule has 3 heteroatoms. The second-order valence-corrected chi connectivity index (χ2v) is 6.73. The monoisotopic (exact) mass is 311 g/mol. The molecule has 0 spiro atoms. The number of hydrogen-bond acceptors (Lipinski definition) is 2. The second kappa shape index (κ2) is 8.30. The Balaban J connectivity index is 1.66. The van der Waals surface area contributed by atoms with E-state index in [-0.39, 0.29) is 0 Å². The summed E-state index contributed by atoms with van der Waals surface area (Å²) in [4.78, 5) is 8.30. The fourth-order valence-electron chi connectivity index (χ4n) is 3.21. The number of aromatic nitrogens is 2. The molecule has 0 saturated heterocycles. The molecule has 1 fully saturated rings. The first kappa shape index (κ1) is 16.3. The Labute approximate surface area is 139 Å². The minimum atomic E-state index is 0.370. The molecule has 3 nitrogen and oxygen atoms in total.